The average Bonchev–Trinajstić information content (AvgIpc) is 3.26. The SMILES string of the molecule is CCOC(=O)C1=C(C)N=c2s/c(=C\c3cc(Br)c(OCC#N)c(OCC)c3)c(=O)n2[C@@H]1c1ccc(OC(C)C)c(OC)c1. The minimum absolute atomic E-state index is 0.0788. The lowest BCUT2D eigenvalue weighted by atomic mass is 9.95. The van der Waals surface area contributed by atoms with Gasteiger partial charge in [-0.15, -0.1) is 0 Å². The maximum atomic E-state index is 14.1. The highest BCUT2D eigenvalue weighted by Crippen LogP contribution is 2.38. The highest BCUT2D eigenvalue weighted by molar-refractivity contribution is 9.10. The molecule has 0 spiro atoms. The monoisotopic (exact) mass is 669 g/mol. The summed E-state index contributed by atoms with van der Waals surface area (Å²) in [5, 5.41) is 8.95. The molecule has 2 aromatic carbocycles. The second-order valence-electron chi connectivity index (χ2n) is 9.59. The Balaban J connectivity index is 1.92. The van der Waals surface area contributed by atoms with E-state index < -0.39 is 12.0 Å². The fourth-order valence-corrected chi connectivity index (χ4v) is 6.26. The highest BCUT2D eigenvalue weighted by Gasteiger charge is 2.34. The molecule has 226 valence electrons. The molecule has 1 aromatic heterocycles. The van der Waals surface area contributed by atoms with Gasteiger partial charge in [-0.2, -0.15) is 5.26 Å². The van der Waals surface area contributed by atoms with Crippen LogP contribution in [-0.2, 0) is 9.53 Å². The zero-order valence-electron chi connectivity index (χ0n) is 24.7. The Kier molecular flexibility index (Phi) is 10.3. The van der Waals surface area contributed by atoms with Gasteiger partial charge in [-0.3, -0.25) is 9.36 Å². The van der Waals surface area contributed by atoms with Crippen LogP contribution in [-0.4, -0.2) is 43.6 Å². The maximum Gasteiger partial charge on any atom is 0.338 e. The van der Waals surface area contributed by atoms with E-state index in [1.165, 1.54) is 23.0 Å². The molecule has 4 rings (SSSR count). The van der Waals surface area contributed by atoms with E-state index in [0.717, 1.165) is 0 Å². The van der Waals surface area contributed by atoms with Crippen LogP contribution in [0.1, 0.15) is 51.8 Å². The molecule has 1 aliphatic heterocycles. The first-order chi connectivity index (χ1) is 20.6. The quantitative estimate of drug-likeness (QED) is 0.270. The van der Waals surface area contributed by atoms with Crippen LogP contribution in [0.25, 0.3) is 6.08 Å². The Labute approximate surface area is 261 Å². The molecule has 0 bridgehead atoms. The number of esters is 1. The highest BCUT2D eigenvalue weighted by atomic mass is 79.9. The molecule has 2 heterocycles. The molecule has 1 aliphatic rings. The van der Waals surface area contributed by atoms with E-state index in [0.29, 0.717) is 60.2 Å². The lowest BCUT2D eigenvalue weighted by molar-refractivity contribution is -0.139. The number of nitrogens with zero attached hydrogens (tertiary/aromatic N) is 3. The number of aromatic nitrogens is 1. The number of halogens is 1. The fourth-order valence-electron chi connectivity index (χ4n) is 4.64. The number of methoxy groups -OCH3 is 1. The summed E-state index contributed by atoms with van der Waals surface area (Å²) in [6, 6.07) is 10.0. The number of benzene rings is 2. The lowest BCUT2D eigenvalue weighted by Crippen LogP contribution is -2.40. The van der Waals surface area contributed by atoms with Crippen molar-refractivity contribution in [3.8, 4) is 29.1 Å². The minimum Gasteiger partial charge on any atom is -0.493 e. The summed E-state index contributed by atoms with van der Waals surface area (Å²) in [4.78, 5) is 32.4. The van der Waals surface area contributed by atoms with E-state index in [1.807, 2.05) is 32.9 Å². The third kappa shape index (κ3) is 6.78. The number of allylic oxidation sites excluding steroid dienone is 1. The molecule has 0 unspecified atom stereocenters. The Hall–Kier alpha value is -4.08. The topological polar surface area (TPSA) is 121 Å². The normalized spacial score (nSPS) is 14.6. The number of rotatable bonds is 11. The first-order valence-corrected chi connectivity index (χ1v) is 15.2. The molecule has 3 aromatic rings. The second kappa shape index (κ2) is 13.9. The van der Waals surface area contributed by atoms with Crippen molar-refractivity contribution < 1.29 is 28.5 Å². The summed E-state index contributed by atoms with van der Waals surface area (Å²) >= 11 is 4.70. The predicted octanol–water partition coefficient (Wildman–Crippen LogP) is 4.66. The van der Waals surface area contributed by atoms with Crippen LogP contribution in [0, 0.1) is 11.3 Å². The van der Waals surface area contributed by atoms with Gasteiger partial charge in [0.2, 0.25) is 0 Å². The summed E-state index contributed by atoms with van der Waals surface area (Å²) in [5.41, 5.74) is 1.69. The zero-order valence-corrected chi connectivity index (χ0v) is 27.1. The number of hydrogen-bond donors (Lipinski definition) is 0. The van der Waals surface area contributed by atoms with Crippen molar-refractivity contribution in [3.63, 3.8) is 0 Å². The maximum absolute atomic E-state index is 14.1. The number of nitriles is 1. The Morgan fingerprint density at radius 1 is 1.16 bits per heavy atom. The second-order valence-corrected chi connectivity index (χ2v) is 11.5. The van der Waals surface area contributed by atoms with E-state index >= 15 is 0 Å². The van der Waals surface area contributed by atoms with E-state index in [4.69, 9.17) is 28.9 Å². The van der Waals surface area contributed by atoms with Gasteiger partial charge in [0.15, 0.2) is 34.4 Å². The molecular formula is C31H32BrN3O7S. The fraction of sp³-hybridized carbons (Fsp3) is 0.355. The Morgan fingerprint density at radius 2 is 1.93 bits per heavy atom. The van der Waals surface area contributed by atoms with Gasteiger partial charge >= 0.3 is 5.97 Å². The molecule has 0 fully saturated rings. The number of hydrogen-bond acceptors (Lipinski definition) is 10. The third-order valence-corrected chi connectivity index (χ3v) is 7.87. The minimum atomic E-state index is -0.813. The first kappa shape index (κ1) is 31.8. The van der Waals surface area contributed by atoms with Crippen molar-refractivity contribution in [1.82, 2.24) is 4.57 Å². The molecule has 0 aliphatic carbocycles. The summed E-state index contributed by atoms with van der Waals surface area (Å²) in [5.74, 6) is 1.29. The van der Waals surface area contributed by atoms with Crippen LogP contribution in [0.15, 0.2) is 55.9 Å². The zero-order chi connectivity index (χ0) is 31.3. The van der Waals surface area contributed by atoms with E-state index in [2.05, 4.69) is 20.9 Å². The van der Waals surface area contributed by atoms with Crippen molar-refractivity contribution in [1.29, 1.82) is 5.26 Å². The van der Waals surface area contributed by atoms with E-state index in [9.17, 15) is 9.59 Å². The van der Waals surface area contributed by atoms with Gasteiger partial charge in [0, 0.05) is 0 Å². The van der Waals surface area contributed by atoms with Gasteiger partial charge in [-0.1, -0.05) is 17.4 Å². The van der Waals surface area contributed by atoms with Crippen molar-refractivity contribution in [2.24, 2.45) is 4.99 Å². The molecule has 10 nitrogen and oxygen atoms in total. The number of carbonyl (C=O) groups is 1. The van der Waals surface area contributed by atoms with Gasteiger partial charge < -0.3 is 23.7 Å². The molecule has 0 radical (unpaired) electrons. The number of thiazole rings is 1. The predicted molar refractivity (Wildman–Crippen MR) is 166 cm³/mol. The van der Waals surface area contributed by atoms with Gasteiger partial charge in [0.25, 0.3) is 5.56 Å². The van der Waals surface area contributed by atoms with Crippen molar-refractivity contribution in [3.05, 3.63) is 76.9 Å². The van der Waals surface area contributed by atoms with Crippen molar-refractivity contribution in [2.45, 2.75) is 46.8 Å². The molecule has 0 N–H and O–H groups in total. The van der Waals surface area contributed by atoms with Crippen LogP contribution in [0.2, 0.25) is 0 Å². The third-order valence-electron chi connectivity index (χ3n) is 6.29. The summed E-state index contributed by atoms with van der Waals surface area (Å²) < 4.78 is 30.7. The Morgan fingerprint density at radius 3 is 2.58 bits per heavy atom. The number of carbonyl (C=O) groups excluding carboxylic acids is 1. The van der Waals surface area contributed by atoms with Gasteiger partial charge in [-0.25, -0.2) is 9.79 Å². The number of ether oxygens (including phenoxy) is 5. The summed E-state index contributed by atoms with van der Waals surface area (Å²) in [7, 11) is 1.54. The first-order valence-electron chi connectivity index (χ1n) is 13.6. The molecule has 0 saturated heterocycles. The van der Waals surface area contributed by atoms with E-state index in [1.54, 1.807) is 44.2 Å². The Bertz CT molecular complexity index is 1790. The summed E-state index contributed by atoms with van der Waals surface area (Å²) in [6.07, 6.45) is 1.65. The van der Waals surface area contributed by atoms with Gasteiger partial charge in [-0.05, 0) is 92.0 Å². The van der Waals surface area contributed by atoms with Crippen LogP contribution >= 0.6 is 27.3 Å². The molecule has 43 heavy (non-hydrogen) atoms. The molecule has 12 heteroatoms. The van der Waals surface area contributed by atoms with Crippen LogP contribution in [0.5, 0.6) is 23.0 Å². The molecule has 0 amide bonds. The lowest BCUT2D eigenvalue weighted by Gasteiger charge is -2.25. The van der Waals surface area contributed by atoms with Crippen molar-refractivity contribution >= 4 is 39.3 Å². The van der Waals surface area contributed by atoms with Gasteiger partial charge in [0.05, 0.1) is 52.7 Å². The van der Waals surface area contributed by atoms with Crippen LogP contribution in [0.4, 0.5) is 0 Å². The molecular weight excluding hydrogens is 638 g/mol. The molecule has 1 atom stereocenters. The van der Waals surface area contributed by atoms with Gasteiger partial charge in [0.1, 0.15) is 6.07 Å². The largest absolute Gasteiger partial charge is 0.493 e. The smallest absolute Gasteiger partial charge is 0.338 e. The van der Waals surface area contributed by atoms with Crippen LogP contribution < -0.4 is 33.8 Å². The van der Waals surface area contributed by atoms with Crippen LogP contribution in [0.3, 0.4) is 0 Å². The van der Waals surface area contributed by atoms with Crippen molar-refractivity contribution in [2.75, 3.05) is 26.9 Å². The average molecular weight is 671 g/mol. The summed E-state index contributed by atoms with van der Waals surface area (Å²) in [6.45, 7) is 9.53. The molecule has 0 saturated carbocycles. The number of fused-ring (bicyclic) bond motifs is 1. The standard InChI is InChI=1S/C31H32BrN3O7S/c1-7-39-24-14-19(13-21(32)28(24)41-12-11-33)15-25-29(36)35-27(20-9-10-22(42-17(3)4)23(16-20)38-6)26(30(37)40-8-2)18(5)34-31(35)43-25/h9-10,13-17,27H,7-8,12H2,1-6H3/b25-15-/t27-/m1/s1. The van der Waals surface area contributed by atoms with E-state index in [-0.39, 0.29) is 30.5 Å².